The molecule has 0 aliphatic rings. The predicted molar refractivity (Wildman–Crippen MR) is 106 cm³/mol. The molecular weight excluding hydrogens is 398 g/mol. The van der Waals surface area contributed by atoms with Crippen LogP contribution in [0.5, 0.6) is 0 Å². The minimum atomic E-state index is -3.68. The third kappa shape index (κ3) is 4.85. The predicted octanol–water partition coefficient (Wildman–Crippen LogP) is 2.96. The van der Waals surface area contributed by atoms with Crippen LogP contribution in [0, 0.1) is 0 Å². The van der Waals surface area contributed by atoms with Crippen molar-refractivity contribution in [2.75, 3.05) is 0 Å². The molecule has 0 unspecified atom stereocenters. The summed E-state index contributed by atoms with van der Waals surface area (Å²) >= 11 is 1.50. The van der Waals surface area contributed by atoms with Crippen LogP contribution in [0.4, 0.5) is 0 Å². The smallest absolute Gasteiger partial charge is 0.335 e. The lowest BCUT2D eigenvalue weighted by molar-refractivity contribution is -0.121. The Kier molecular flexibility index (Phi) is 6.25. The quantitative estimate of drug-likeness (QED) is 0.602. The third-order valence-electron chi connectivity index (χ3n) is 4.12. The van der Waals surface area contributed by atoms with E-state index >= 15 is 0 Å². The molecule has 0 aliphatic heterocycles. The molecule has 9 heteroatoms. The second kappa shape index (κ2) is 8.66. The van der Waals surface area contributed by atoms with Gasteiger partial charge in [-0.2, -0.15) is 0 Å². The van der Waals surface area contributed by atoms with Crippen LogP contribution in [0.15, 0.2) is 57.5 Å². The van der Waals surface area contributed by atoms with Gasteiger partial charge in [-0.3, -0.25) is 4.79 Å². The lowest BCUT2D eigenvalue weighted by atomic mass is 10.1. The summed E-state index contributed by atoms with van der Waals surface area (Å²) < 4.78 is 30.0. The van der Waals surface area contributed by atoms with Crippen molar-refractivity contribution < 1.29 is 17.6 Å². The van der Waals surface area contributed by atoms with Gasteiger partial charge in [-0.15, -0.1) is 16.4 Å². The molecule has 1 N–H and O–H groups in total. The van der Waals surface area contributed by atoms with Crippen molar-refractivity contribution in [2.24, 2.45) is 0 Å². The first-order chi connectivity index (χ1) is 13.4. The maximum atomic E-state index is 12.5. The number of carbonyl (C=O) groups excluding carboxylic acids is 1. The standard InChI is InChI=1S/C19H21N3O4S2/c1-13(2)28(24,25)19-22-21-18(26-19)16(11-14-7-4-3-5-8-14)20-17(23)12-15-9-6-10-27-15/h3-10,13,16H,11-12H2,1-2H3,(H,20,23)/t16-/m0/s1. The molecule has 2 aromatic heterocycles. The summed E-state index contributed by atoms with van der Waals surface area (Å²) in [5.74, 6) is -0.127. The number of aromatic nitrogens is 2. The lowest BCUT2D eigenvalue weighted by Gasteiger charge is -2.15. The highest BCUT2D eigenvalue weighted by Crippen LogP contribution is 2.22. The monoisotopic (exact) mass is 419 g/mol. The van der Waals surface area contributed by atoms with Crippen LogP contribution in [0.2, 0.25) is 0 Å². The highest BCUT2D eigenvalue weighted by atomic mass is 32.2. The molecule has 1 aromatic carbocycles. The van der Waals surface area contributed by atoms with Gasteiger partial charge in [0.25, 0.3) is 0 Å². The van der Waals surface area contributed by atoms with Crippen molar-refractivity contribution >= 4 is 27.1 Å². The van der Waals surface area contributed by atoms with E-state index in [4.69, 9.17) is 4.42 Å². The van der Waals surface area contributed by atoms with Gasteiger partial charge in [0, 0.05) is 11.3 Å². The SMILES string of the molecule is CC(C)S(=O)(=O)c1nnc([C@H](Cc2ccccc2)NC(=O)Cc2cccs2)o1. The summed E-state index contributed by atoms with van der Waals surface area (Å²) in [5.41, 5.74) is 0.954. The molecular formula is C19H21N3O4S2. The number of benzene rings is 1. The molecule has 0 saturated heterocycles. The van der Waals surface area contributed by atoms with Crippen molar-refractivity contribution in [2.45, 2.75) is 43.2 Å². The minimum absolute atomic E-state index is 0.0719. The van der Waals surface area contributed by atoms with Gasteiger partial charge in [0.15, 0.2) is 0 Å². The summed E-state index contributed by atoms with van der Waals surface area (Å²) in [6.45, 7) is 3.09. The van der Waals surface area contributed by atoms with E-state index < -0.39 is 26.4 Å². The van der Waals surface area contributed by atoms with E-state index in [1.54, 1.807) is 13.8 Å². The van der Waals surface area contributed by atoms with Crippen LogP contribution in [-0.2, 0) is 27.5 Å². The Morgan fingerprint density at radius 2 is 1.89 bits per heavy atom. The maximum absolute atomic E-state index is 12.5. The molecule has 1 atom stereocenters. The van der Waals surface area contributed by atoms with Gasteiger partial charge in [0.2, 0.25) is 21.6 Å². The van der Waals surface area contributed by atoms with Gasteiger partial charge >= 0.3 is 5.22 Å². The molecule has 0 fully saturated rings. The van der Waals surface area contributed by atoms with E-state index in [2.05, 4.69) is 15.5 Å². The summed E-state index contributed by atoms with van der Waals surface area (Å²) in [6.07, 6.45) is 0.634. The van der Waals surface area contributed by atoms with Gasteiger partial charge in [-0.25, -0.2) is 8.42 Å². The fourth-order valence-corrected chi connectivity index (χ4v) is 4.01. The van der Waals surface area contributed by atoms with E-state index in [-0.39, 0.29) is 18.2 Å². The lowest BCUT2D eigenvalue weighted by Crippen LogP contribution is -2.31. The molecule has 1 amide bonds. The Morgan fingerprint density at radius 3 is 2.54 bits per heavy atom. The van der Waals surface area contributed by atoms with Crippen molar-refractivity contribution in [3.63, 3.8) is 0 Å². The number of carbonyl (C=O) groups is 1. The highest BCUT2D eigenvalue weighted by molar-refractivity contribution is 7.91. The number of hydrogen-bond acceptors (Lipinski definition) is 7. The normalized spacial score (nSPS) is 12.8. The Balaban J connectivity index is 1.84. The van der Waals surface area contributed by atoms with Crippen LogP contribution < -0.4 is 5.32 Å². The van der Waals surface area contributed by atoms with Crippen molar-refractivity contribution in [3.05, 3.63) is 64.2 Å². The van der Waals surface area contributed by atoms with Crippen LogP contribution in [0.25, 0.3) is 0 Å². The topological polar surface area (TPSA) is 102 Å². The van der Waals surface area contributed by atoms with Crippen molar-refractivity contribution in [1.82, 2.24) is 15.5 Å². The van der Waals surface area contributed by atoms with E-state index in [1.165, 1.54) is 11.3 Å². The van der Waals surface area contributed by atoms with E-state index in [0.717, 1.165) is 10.4 Å². The first-order valence-electron chi connectivity index (χ1n) is 8.79. The van der Waals surface area contributed by atoms with Gasteiger partial charge in [0.1, 0.15) is 6.04 Å². The van der Waals surface area contributed by atoms with Crippen molar-refractivity contribution in [3.8, 4) is 0 Å². The zero-order chi connectivity index (χ0) is 20.1. The average Bonchev–Trinajstić information content (AvgIpc) is 3.34. The third-order valence-corrected chi connectivity index (χ3v) is 6.89. The second-order valence-corrected chi connectivity index (χ2v) is 9.98. The number of sulfone groups is 1. The molecule has 2 heterocycles. The highest BCUT2D eigenvalue weighted by Gasteiger charge is 2.29. The number of nitrogens with zero attached hydrogens (tertiary/aromatic N) is 2. The van der Waals surface area contributed by atoms with Crippen LogP contribution >= 0.6 is 11.3 Å². The van der Waals surface area contributed by atoms with Gasteiger partial charge in [0.05, 0.1) is 11.7 Å². The maximum Gasteiger partial charge on any atom is 0.335 e. The van der Waals surface area contributed by atoms with Crippen molar-refractivity contribution in [1.29, 1.82) is 0 Å². The molecule has 0 radical (unpaired) electrons. The fraction of sp³-hybridized carbons (Fsp3) is 0.316. The zero-order valence-electron chi connectivity index (χ0n) is 15.5. The van der Waals surface area contributed by atoms with Gasteiger partial charge in [-0.1, -0.05) is 41.5 Å². The largest absolute Gasteiger partial charge is 0.410 e. The molecule has 0 saturated carbocycles. The molecule has 0 aliphatic carbocycles. The average molecular weight is 420 g/mol. The molecule has 3 rings (SSSR count). The molecule has 3 aromatic rings. The minimum Gasteiger partial charge on any atom is -0.410 e. The summed E-state index contributed by atoms with van der Waals surface area (Å²) in [5, 5.41) is 11.3. The Labute approximate surface area is 167 Å². The fourth-order valence-electron chi connectivity index (χ4n) is 2.54. The van der Waals surface area contributed by atoms with Gasteiger partial charge in [-0.05, 0) is 30.9 Å². The molecule has 28 heavy (non-hydrogen) atoms. The zero-order valence-corrected chi connectivity index (χ0v) is 17.2. The summed E-state index contributed by atoms with van der Waals surface area (Å²) in [7, 11) is -3.68. The Morgan fingerprint density at radius 1 is 1.14 bits per heavy atom. The number of rotatable bonds is 8. The van der Waals surface area contributed by atoms with Crippen LogP contribution in [0.1, 0.15) is 36.2 Å². The summed E-state index contributed by atoms with van der Waals surface area (Å²) in [4.78, 5) is 13.4. The molecule has 7 nitrogen and oxygen atoms in total. The van der Waals surface area contributed by atoms with E-state index in [1.807, 2.05) is 47.8 Å². The first-order valence-corrected chi connectivity index (χ1v) is 11.2. The Hall–Kier alpha value is -2.52. The Bertz CT molecular complexity index is 1010. The van der Waals surface area contributed by atoms with E-state index in [0.29, 0.717) is 6.42 Å². The number of thiophene rings is 1. The molecule has 0 spiro atoms. The van der Waals surface area contributed by atoms with Crippen LogP contribution in [0.3, 0.4) is 0 Å². The number of amides is 1. The second-order valence-electron chi connectivity index (χ2n) is 6.57. The van der Waals surface area contributed by atoms with E-state index in [9.17, 15) is 13.2 Å². The van der Waals surface area contributed by atoms with Gasteiger partial charge < -0.3 is 9.73 Å². The first kappa shape index (κ1) is 20.2. The molecule has 148 valence electrons. The van der Waals surface area contributed by atoms with Crippen LogP contribution in [-0.4, -0.2) is 29.8 Å². The number of hydrogen-bond donors (Lipinski definition) is 1. The summed E-state index contributed by atoms with van der Waals surface area (Å²) in [6, 6.07) is 12.7. The molecule has 0 bridgehead atoms. The number of nitrogens with one attached hydrogen (secondary N) is 1.